The number of carbonyl (C=O) groups excluding carboxylic acids is 1. The van der Waals surface area contributed by atoms with E-state index in [1.165, 1.54) is 0 Å². The molecular weight excluding hydrogens is 152 g/mol. The largest absolute Gasteiger partial charge is 0.501 e. The fourth-order valence-corrected chi connectivity index (χ4v) is 1.25. The zero-order valence-corrected chi connectivity index (χ0v) is 7.96. The molecule has 0 aromatic carbocycles. The summed E-state index contributed by atoms with van der Waals surface area (Å²) in [5.41, 5.74) is 0.756. The Labute approximate surface area is 73.6 Å². The number of Topliss-reactive ketones (excluding diaryl/α,β-unsaturated/α-hetero) is 1. The highest BCUT2D eigenvalue weighted by atomic mass is 16.5. The lowest BCUT2D eigenvalue weighted by Crippen LogP contribution is -2.03. The van der Waals surface area contributed by atoms with Crippen LogP contribution in [0.3, 0.4) is 0 Å². The minimum Gasteiger partial charge on any atom is -0.501 e. The van der Waals surface area contributed by atoms with Crippen molar-refractivity contribution >= 4 is 5.78 Å². The second kappa shape index (κ2) is 3.74. The van der Waals surface area contributed by atoms with Crippen molar-refractivity contribution in [3.63, 3.8) is 0 Å². The molecule has 0 aromatic heterocycles. The van der Waals surface area contributed by atoms with Crippen LogP contribution in [0.25, 0.3) is 0 Å². The van der Waals surface area contributed by atoms with Crippen LogP contribution in [0.1, 0.15) is 27.2 Å². The predicted molar refractivity (Wildman–Crippen MR) is 47.7 cm³/mol. The van der Waals surface area contributed by atoms with Crippen LogP contribution in [0.15, 0.2) is 11.8 Å². The zero-order chi connectivity index (χ0) is 9.14. The Morgan fingerprint density at radius 1 is 1.67 bits per heavy atom. The van der Waals surface area contributed by atoms with Crippen molar-refractivity contribution in [2.24, 2.45) is 11.8 Å². The molecule has 1 rings (SSSR count). The van der Waals surface area contributed by atoms with E-state index < -0.39 is 0 Å². The summed E-state index contributed by atoms with van der Waals surface area (Å²) in [5, 5.41) is 0. The Kier molecular flexibility index (Phi) is 2.90. The molecule has 1 aliphatic carbocycles. The van der Waals surface area contributed by atoms with Crippen molar-refractivity contribution < 1.29 is 9.53 Å². The molecule has 0 heterocycles. The van der Waals surface area contributed by atoms with Gasteiger partial charge in [0.1, 0.15) is 0 Å². The third kappa shape index (κ3) is 2.10. The van der Waals surface area contributed by atoms with E-state index in [1.807, 2.05) is 13.8 Å². The molecule has 0 N–H and O–H groups in total. The molecule has 1 fully saturated rings. The summed E-state index contributed by atoms with van der Waals surface area (Å²) in [4.78, 5) is 11.5. The fourth-order valence-electron chi connectivity index (χ4n) is 1.25. The first kappa shape index (κ1) is 9.30. The van der Waals surface area contributed by atoms with Crippen LogP contribution in [-0.2, 0) is 9.53 Å². The van der Waals surface area contributed by atoms with Gasteiger partial charge in [-0.2, -0.15) is 0 Å². The molecule has 0 amide bonds. The van der Waals surface area contributed by atoms with Gasteiger partial charge in [-0.25, -0.2) is 0 Å². The van der Waals surface area contributed by atoms with Crippen LogP contribution >= 0.6 is 0 Å². The van der Waals surface area contributed by atoms with Crippen LogP contribution in [0.4, 0.5) is 0 Å². The van der Waals surface area contributed by atoms with E-state index >= 15 is 0 Å². The summed E-state index contributed by atoms with van der Waals surface area (Å²) in [6, 6.07) is 0. The van der Waals surface area contributed by atoms with Gasteiger partial charge in [-0.1, -0.05) is 6.92 Å². The molecule has 68 valence electrons. The Bertz CT molecular complexity index is 206. The number of ketones is 1. The summed E-state index contributed by atoms with van der Waals surface area (Å²) in [6.07, 6.45) is 2.63. The highest BCUT2D eigenvalue weighted by molar-refractivity contribution is 5.98. The summed E-state index contributed by atoms with van der Waals surface area (Å²) in [6.45, 7) is 6.47. The Balaban J connectivity index is 2.41. The summed E-state index contributed by atoms with van der Waals surface area (Å²) in [7, 11) is 0. The van der Waals surface area contributed by atoms with E-state index in [0.29, 0.717) is 12.5 Å². The van der Waals surface area contributed by atoms with Gasteiger partial charge in [-0.3, -0.25) is 4.79 Å². The maximum absolute atomic E-state index is 11.5. The molecule has 1 aliphatic rings. The average Bonchev–Trinajstić information content (AvgIpc) is 2.77. The monoisotopic (exact) mass is 168 g/mol. The lowest BCUT2D eigenvalue weighted by atomic mass is 10.1. The third-order valence-corrected chi connectivity index (χ3v) is 2.26. The predicted octanol–water partition coefficient (Wildman–Crippen LogP) is 2.15. The number of hydrogen-bond donors (Lipinski definition) is 0. The van der Waals surface area contributed by atoms with Gasteiger partial charge < -0.3 is 4.74 Å². The first-order valence-electron chi connectivity index (χ1n) is 4.49. The van der Waals surface area contributed by atoms with E-state index in [1.54, 1.807) is 6.26 Å². The van der Waals surface area contributed by atoms with Crippen molar-refractivity contribution in [1.82, 2.24) is 0 Å². The average molecular weight is 168 g/mol. The number of ether oxygens (including phenoxy) is 1. The quantitative estimate of drug-likeness (QED) is 0.475. The molecule has 0 saturated heterocycles. The number of rotatable bonds is 4. The Hall–Kier alpha value is -0.790. The van der Waals surface area contributed by atoms with Gasteiger partial charge in [0.15, 0.2) is 5.78 Å². The van der Waals surface area contributed by atoms with Crippen LogP contribution < -0.4 is 0 Å². The number of allylic oxidation sites excluding steroid dienone is 1. The lowest BCUT2D eigenvalue weighted by molar-refractivity contribution is -0.117. The minimum absolute atomic E-state index is 0.260. The van der Waals surface area contributed by atoms with Gasteiger partial charge in [-0.05, 0) is 26.2 Å². The Morgan fingerprint density at radius 3 is 2.67 bits per heavy atom. The fraction of sp³-hybridized carbons (Fsp3) is 0.700. The zero-order valence-electron chi connectivity index (χ0n) is 7.96. The molecular formula is C10H16O2. The Morgan fingerprint density at radius 2 is 2.25 bits per heavy atom. The van der Waals surface area contributed by atoms with Crippen LogP contribution in [0.2, 0.25) is 0 Å². The molecule has 2 nitrogen and oxygen atoms in total. The highest BCUT2D eigenvalue weighted by Gasteiger charge is 2.39. The van der Waals surface area contributed by atoms with Crippen molar-refractivity contribution in [1.29, 1.82) is 0 Å². The number of hydrogen-bond acceptors (Lipinski definition) is 2. The summed E-state index contributed by atoms with van der Waals surface area (Å²) >= 11 is 0. The molecule has 1 saturated carbocycles. The van der Waals surface area contributed by atoms with E-state index in [9.17, 15) is 4.79 Å². The third-order valence-electron chi connectivity index (χ3n) is 2.26. The van der Waals surface area contributed by atoms with E-state index in [4.69, 9.17) is 4.74 Å². The summed E-state index contributed by atoms with van der Waals surface area (Å²) in [5.74, 6) is 1.13. The van der Waals surface area contributed by atoms with Crippen LogP contribution in [0.5, 0.6) is 0 Å². The molecule has 0 aromatic rings. The summed E-state index contributed by atoms with van der Waals surface area (Å²) < 4.78 is 5.05. The van der Waals surface area contributed by atoms with Crippen molar-refractivity contribution in [2.75, 3.05) is 6.61 Å². The molecule has 0 radical (unpaired) electrons. The molecule has 2 atom stereocenters. The molecule has 0 spiro atoms. The van der Waals surface area contributed by atoms with Gasteiger partial charge in [0.2, 0.25) is 0 Å². The van der Waals surface area contributed by atoms with E-state index in [-0.39, 0.29) is 11.7 Å². The van der Waals surface area contributed by atoms with Crippen LogP contribution in [0, 0.1) is 11.8 Å². The second-order valence-corrected chi connectivity index (χ2v) is 3.44. The minimum atomic E-state index is 0.260. The molecule has 2 heteroatoms. The second-order valence-electron chi connectivity index (χ2n) is 3.44. The van der Waals surface area contributed by atoms with Crippen molar-refractivity contribution in [3.05, 3.63) is 11.8 Å². The van der Waals surface area contributed by atoms with E-state index in [0.717, 1.165) is 12.0 Å². The highest BCUT2D eigenvalue weighted by Crippen LogP contribution is 2.39. The topological polar surface area (TPSA) is 26.3 Å². The smallest absolute Gasteiger partial charge is 0.164 e. The van der Waals surface area contributed by atoms with Gasteiger partial charge in [-0.15, -0.1) is 0 Å². The van der Waals surface area contributed by atoms with Gasteiger partial charge in [0.05, 0.1) is 12.9 Å². The van der Waals surface area contributed by atoms with Gasteiger partial charge >= 0.3 is 0 Å². The first-order valence-corrected chi connectivity index (χ1v) is 4.49. The van der Waals surface area contributed by atoms with Crippen molar-refractivity contribution in [3.8, 4) is 0 Å². The van der Waals surface area contributed by atoms with Gasteiger partial charge in [0.25, 0.3) is 0 Å². The molecule has 2 unspecified atom stereocenters. The molecule has 0 aliphatic heterocycles. The maximum Gasteiger partial charge on any atom is 0.164 e. The van der Waals surface area contributed by atoms with Crippen molar-refractivity contribution in [2.45, 2.75) is 27.2 Å². The SMILES string of the molecule is CCO/C=C(\C)C(=O)C1CC1C. The maximum atomic E-state index is 11.5. The van der Waals surface area contributed by atoms with E-state index in [2.05, 4.69) is 6.92 Å². The van der Waals surface area contributed by atoms with Gasteiger partial charge in [0, 0.05) is 11.5 Å². The normalized spacial score (nSPS) is 28.4. The molecule has 0 bridgehead atoms. The standard InChI is InChI=1S/C10H16O2/c1-4-12-6-8(3)10(11)9-5-7(9)2/h6-7,9H,4-5H2,1-3H3/b8-6+. The lowest BCUT2D eigenvalue weighted by Gasteiger charge is -1.99. The number of carbonyl (C=O) groups is 1. The first-order chi connectivity index (χ1) is 5.66. The van der Waals surface area contributed by atoms with Crippen LogP contribution in [-0.4, -0.2) is 12.4 Å². The molecule has 12 heavy (non-hydrogen) atoms.